The molecule has 0 amide bonds. The second kappa shape index (κ2) is 8.88. The van der Waals surface area contributed by atoms with Gasteiger partial charge in [0.1, 0.15) is 0 Å². The van der Waals surface area contributed by atoms with Gasteiger partial charge in [-0.1, -0.05) is 48.5 Å². The number of rotatable bonds is 5. The molecule has 0 aliphatic rings. The van der Waals surface area contributed by atoms with Gasteiger partial charge in [0.05, 0.1) is 18.6 Å². The molecule has 0 aliphatic heterocycles. The van der Waals surface area contributed by atoms with Crippen molar-refractivity contribution < 1.29 is 0 Å². The molecule has 3 rings (SSSR count). The first kappa shape index (κ1) is 17.7. The third-order valence-electron chi connectivity index (χ3n) is 3.51. The molecule has 6 heteroatoms. The summed E-state index contributed by atoms with van der Waals surface area (Å²) in [6.07, 6.45) is 5.47. The van der Waals surface area contributed by atoms with E-state index in [-0.39, 0.29) is 17.0 Å². The van der Waals surface area contributed by atoms with Gasteiger partial charge in [-0.25, -0.2) is 9.98 Å². The average Bonchev–Trinajstić information content (AvgIpc) is 3.14. The summed E-state index contributed by atoms with van der Waals surface area (Å²) in [6, 6.07) is 18.2. The third kappa shape index (κ3) is 4.70. The summed E-state index contributed by atoms with van der Waals surface area (Å²) in [5, 5.41) is 3.17. The Kier molecular flexibility index (Phi) is 6.57. The Balaban J connectivity index is 0.00000208. The van der Waals surface area contributed by atoms with Crippen molar-refractivity contribution in [2.24, 2.45) is 10.7 Å². The summed E-state index contributed by atoms with van der Waals surface area (Å²) in [4.78, 5) is 8.46. The molecule has 0 saturated carbocycles. The van der Waals surface area contributed by atoms with Crippen molar-refractivity contribution in [2.45, 2.75) is 13.1 Å². The van der Waals surface area contributed by atoms with Crippen LogP contribution in [0.3, 0.4) is 0 Å². The zero-order chi connectivity index (χ0) is 15.9. The SMILES string of the molecule is Br.NC(=NCc1ccccc1)NCc1ccccc1-n1ccnc1. The fourth-order valence-corrected chi connectivity index (χ4v) is 2.32. The summed E-state index contributed by atoms with van der Waals surface area (Å²) >= 11 is 0. The number of nitrogens with two attached hydrogens (primary N) is 1. The molecule has 3 aromatic rings. The predicted octanol–water partition coefficient (Wildman–Crippen LogP) is 3.05. The first-order valence-corrected chi connectivity index (χ1v) is 7.47. The second-order valence-electron chi connectivity index (χ2n) is 5.14. The van der Waals surface area contributed by atoms with E-state index in [0.29, 0.717) is 19.0 Å². The summed E-state index contributed by atoms with van der Waals surface area (Å²) in [5.41, 5.74) is 9.30. The highest BCUT2D eigenvalue weighted by Gasteiger charge is 2.03. The van der Waals surface area contributed by atoms with Crippen LogP contribution in [0.4, 0.5) is 0 Å². The Hall–Kier alpha value is -2.60. The van der Waals surface area contributed by atoms with Crippen LogP contribution in [0.15, 0.2) is 78.3 Å². The number of aliphatic imine (C=N–C) groups is 1. The van der Waals surface area contributed by atoms with Crippen molar-refractivity contribution >= 4 is 22.9 Å². The fraction of sp³-hybridized carbons (Fsp3) is 0.111. The lowest BCUT2D eigenvalue weighted by Gasteiger charge is -2.11. The Bertz CT molecular complexity index is 769. The van der Waals surface area contributed by atoms with Crippen molar-refractivity contribution in [1.82, 2.24) is 14.9 Å². The lowest BCUT2D eigenvalue weighted by Crippen LogP contribution is -2.31. The number of aromatic nitrogens is 2. The monoisotopic (exact) mass is 385 g/mol. The molecule has 1 heterocycles. The van der Waals surface area contributed by atoms with Gasteiger partial charge in [0.15, 0.2) is 5.96 Å². The Morgan fingerprint density at radius 2 is 1.83 bits per heavy atom. The Labute approximate surface area is 152 Å². The van der Waals surface area contributed by atoms with E-state index in [0.717, 1.165) is 16.8 Å². The molecular weight excluding hydrogens is 366 g/mol. The van der Waals surface area contributed by atoms with Gasteiger partial charge in [-0.15, -0.1) is 17.0 Å². The molecule has 0 radical (unpaired) electrons. The van der Waals surface area contributed by atoms with Gasteiger partial charge in [0, 0.05) is 18.9 Å². The minimum Gasteiger partial charge on any atom is -0.370 e. The zero-order valence-corrected chi connectivity index (χ0v) is 14.9. The average molecular weight is 386 g/mol. The Morgan fingerprint density at radius 1 is 1.08 bits per heavy atom. The summed E-state index contributed by atoms with van der Waals surface area (Å²) in [5.74, 6) is 0.439. The van der Waals surface area contributed by atoms with Crippen molar-refractivity contribution in [3.63, 3.8) is 0 Å². The number of guanidine groups is 1. The standard InChI is InChI=1S/C18H19N5.BrH/c19-18(21-12-15-6-2-1-3-7-15)22-13-16-8-4-5-9-17(16)23-11-10-20-14-23;/h1-11,14H,12-13H2,(H3,19,21,22);1H. The van der Waals surface area contributed by atoms with E-state index in [2.05, 4.69) is 27.4 Å². The first-order valence-electron chi connectivity index (χ1n) is 7.47. The number of para-hydroxylation sites is 1. The minimum absolute atomic E-state index is 0. The van der Waals surface area contributed by atoms with Crippen LogP contribution in [0.1, 0.15) is 11.1 Å². The number of benzene rings is 2. The van der Waals surface area contributed by atoms with Crippen molar-refractivity contribution in [1.29, 1.82) is 0 Å². The molecular formula is C18H20BrN5. The summed E-state index contributed by atoms with van der Waals surface area (Å²) in [6.45, 7) is 1.18. The maximum atomic E-state index is 5.96. The topological polar surface area (TPSA) is 68.2 Å². The number of hydrogen-bond donors (Lipinski definition) is 2. The lowest BCUT2D eigenvalue weighted by molar-refractivity contribution is 0.868. The summed E-state index contributed by atoms with van der Waals surface area (Å²) in [7, 11) is 0. The molecule has 1 aromatic heterocycles. The smallest absolute Gasteiger partial charge is 0.189 e. The van der Waals surface area contributed by atoms with Crippen LogP contribution < -0.4 is 11.1 Å². The molecule has 0 saturated heterocycles. The molecule has 5 nitrogen and oxygen atoms in total. The fourth-order valence-electron chi connectivity index (χ4n) is 2.32. The number of nitrogens with zero attached hydrogens (tertiary/aromatic N) is 3. The van der Waals surface area contributed by atoms with Crippen LogP contribution >= 0.6 is 17.0 Å². The van der Waals surface area contributed by atoms with Crippen LogP contribution in [0.2, 0.25) is 0 Å². The first-order chi connectivity index (χ1) is 11.3. The van der Waals surface area contributed by atoms with Crippen LogP contribution in [-0.2, 0) is 13.1 Å². The highest BCUT2D eigenvalue weighted by Crippen LogP contribution is 2.13. The van der Waals surface area contributed by atoms with E-state index in [1.165, 1.54) is 0 Å². The van der Waals surface area contributed by atoms with E-state index in [4.69, 9.17) is 5.73 Å². The van der Waals surface area contributed by atoms with Crippen LogP contribution in [-0.4, -0.2) is 15.5 Å². The number of nitrogens with one attached hydrogen (secondary N) is 1. The van der Waals surface area contributed by atoms with Crippen LogP contribution in [0.25, 0.3) is 5.69 Å². The molecule has 0 spiro atoms. The van der Waals surface area contributed by atoms with Gasteiger partial charge in [-0.05, 0) is 17.2 Å². The van der Waals surface area contributed by atoms with Gasteiger partial charge in [0.25, 0.3) is 0 Å². The second-order valence-corrected chi connectivity index (χ2v) is 5.14. The Morgan fingerprint density at radius 3 is 2.58 bits per heavy atom. The largest absolute Gasteiger partial charge is 0.370 e. The van der Waals surface area contributed by atoms with Crippen molar-refractivity contribution in [3.8, 4) is 5.69 Å². The molecule has 124 valence electrons. The van der Waals surface area contributed by atoms with Crippen LogP contribution in [0.5, 0.6) is 0 Å². The predicted molar refractivity (Wildman–Crippen MR) is 102 cm³/mol. The van der Waals surface area contributed by atoms with E-state index in [9.17, 15) is 0 Å². The zero-order valence-electron chi connectivity index (χ0n) is 13.2. The molecule has 2 aromatic carbocycles. The molecule has 3 N–H and O–H groups in total. The number of imidazole rings is 1. The van der Waals surface area contributed by atoms with Gasteiger partial charge in [0.2, 0.25) is 0 Å². The molecule has 0 bridgehead atoms. The molecule has 24 heavy (non-hydrogen) atoms. The van der Waals surface area contributed by atoms with Gasteiger partial charge in [-0.3, -0.25) is 0 Å². The maximum Gasteiger partial charge on any atom is 0.189 e. The van der Waals surface area contributed by atoms with Gasteiger partial charge >= 0.3 is 0 Å². The minimum atomic E-state index is 0. The molecule has 0 atom stereocenters. The highest BCUT2D eigenvalue weighted by molar-refractivity contribution is 8.93. The molecule has 0 aliphatic carbocycles. The third-order valence-corrected chi connectivity index (χ3v) is 3.51. The molecule has 0 unspecified atom stereocenters. The summed E-state index contributed by atoms with van der Waals surface area (Å²) < 4.78 is 1.98. The van der Waals surface area contributed by atoms with Crippen molar-refractivity contribution in [3.05, 3.63) is 84.4 Å². The highest BCUT2D eigenvalue weighted by atomic mass is 79.9. The van der Waals surface area contributed by atoms with Crippen LogP contribution in [0, 0.1) is 0 Å². The molecule has 0 fully saturated rings. The van der Waals surface area contributed by atoms with Gasteiger partial charge < -0.3 is 15.6 Å². The number of hydrogen-bond acceptors (Lipinski definition) is 2. The van der Waals surface area contributed by atoms with Crippen molar-refractivity contribution in [2.75, 3.05) is 0 Å². The quantitative estimate of drug-likeness (QED) is 0.523. The van der Waals surface area contributed by atoms with E-state index < -0.39 is 0 Å². The van der Waals surface area contributed by atoms with E-state index in [1.807, 2.05) is 53.2 Å². The lowest BCUT2D eigenvalue weighted by atomic mass is 10.1. The van der Waals surface area contributed by atoms with Gasteiger partial charge in [-0.2, -0.15) is 0 Å². The number of halogens is 1. The van der Waals surface area contributed by atoms with E-state index >= 15 is 0 Å². The maximum absolute atomic E-state index is 5.96. The normalized spacial score (nSPS) is 10.9. The van der Waals surface area contributed by atoms with E-state index in [1.54, 1.807) is 12.5 Å².